The van der Waals surface area contributed by atoms with Gasteiger partial charge in [-0.1, -0.05) is 6.08 Å². The van der Waals surface area contributed by atoms with Crippen LogP contribution in [0.2, 0.25) is 0 Å². The zero-order chi connectivity index (χ0) is 15.2. The molecule has 0 spiro atoms. The molecular formula is C14H18O6. The van der Waals surface area contributed by atoms with Crippen molar-refractivity contribution in [3.05, 3.63) is 12.2 Å². The van der Waals surface area contributed by atoms with Crippen molar-refractivity contribution < 1.29 is 28.6 Å². The maximum Gasteiger partial charge on any atom is 0.315 e. The van der Waals surface area contributed by atoms with Gasteiger partial charge < -0.3 is 14.2 Å². The van der Waals surface area contributed by atoms with Gasteiger partial charge in [0.1, 0.15) is 5.41 Å². The molecule has 0 unspecified atom stereocenters. The first kappa shape index (κ1) is 14.9. The van der Waals surface area contributed by atoms with E-state index in [9.17, 15) is 14.4 Å². The van der Waals surface area contributed by atoms with Crippen molar-refractivity contribution in [3.63, 3.8) is 0 Å². The second-order valence-corrected chi connectivity index (χ2v) is 5.38. The van der Waals surface area contributed by atoms with E-state index in [1.54, 1.807) is 19.1 Å². The minimum absolute atomic E-state index is 0.238. The summed E-state index contributed by atoms with van der Waals surface area (Å²) in [5, 5.41) is 0. The molecule has 0 aliphatic heterocycles. The Hall–Kier alpha value is -1.53. The molecule has 0 N–H and O–H groups in total. The predicted octanol–water partition coefficient (Wildman–Crippen LogP) is 0.294. The number of Topliss-reactive ketones (excluding diaryl/α,β-unsaturated/α-hetero) is 1. The monoisotopic (exact) mass is 282 g/mol. The Labute approximate surface area is 117 Å². The number of carbonyl (C=O) groups excluding carboxylic acids is 3. The van der Waals surface area contributed by atoms with Crippen LogP contribution in [0.25, 0.3) is 0 Å². The molecule has 0 aromatic rings. The van der Waals surface area contributed by atoms with Crippen LogP contribution < -0.4 is 0 Å². The number of hydrogen-bond donors (Lipinski definition) is 0. The average molecular weight is 282 g/mol. The van der Waals surface area contributed by atoms with Crippen LogP contribution in [0.4, 0.5) is 0 Å². The Balaban J connectivity index is 2.66. The zero-order valence-electron chi connectivity index (χ0n) is 12.0. The van der Waals surface area contributed by atoms with E-state index in [2.05, 4.69) is 0 Å². The molecule has 0 aromatic carbocycles. The second-order valence-electron chi connectivity index (χ2n) is 5.38. The fraction of sp³-hybridized carbons (Fsp3) is 0.643. The summed E-state index contributed by atoms with van der Waals surface area (Å²) in [6.07, 6.45) is 3.98. The molecule has 3 aliphatic carbocycles. The number of methoxy groups -OCH3 is 3. The molecule has 110 valence electrons. The van der Waals surface area contributed by atoms with Crippen LogP contribution in [0.1, 0.15) is 13.3 Å². The molecule has 0 saturated heterocycles. The highest BCUT2D eigenvalue weighted by molar-refractivity contribution is 6.13. The van der Waals surface area contributed by atoms with Gasteiger partial charge in [0.15, 0.2) is 17.5 Å². The van der Waals surface area contributed by atoms with Crippen molar-refractivity contribution in [1.82, 2.24) is 0 Å². The van der Waals surface area contributed by atoms with E-state index < -0.39 is 34.3 Å². The van der Waals surface area contributed by atoms with Crippen LogP contribution >= 0.6 is 0 Å². The van der Waals surface area contributed by atoms with Gasteiger partial charge in [-0.05, 0) is 19.4 Å². The normalized spacial score (nSPS) is 42.6. The summed E-state index contributed by atoms with van der Waals surface area (Å²) in [5.74, 6) is -1.62. The highest BCUT2D eigenvalue weighted by Gasteiger charge is 2.72. The second kappa shape index (κ2) is 4.49. The summed E-state index contributed by atoms with van der Waals surface area (Å²) in [5.41, 5.74) is -4.33. The smallest absolute Gasteiger partial charge is 0.315 e. The van der Waals surface area contributed by atoms with Crippen molar-refractivity contribution >= 4 is 18.0 Å². The highest BCUT2D eigenvalue weighted by Crippen LogP contribution is 2.55. The van der Waals surface area contributed by atoms with Crippen LogP contribution in [0.15, 0.2) is 12.2 Å². The van der Waals surface area contributed by atoms with Gasteiger partial charge in [0.2, 0.25) is 5.78 Å². The van der Waals surface area contributed by atoms with E-state index in [1.807, 2.05) is 0 Å². The predicted molar refractivity (Wildman–Crippen MR) is 67.9 cm³/mol. The molecule has 0 heterocycles. The molecule has 1 saturated carbocycles. The molecule has 6 nitrogen and oxygen atoms in total. The summed E-state index contributed by atoms with van der Waals surface area (Å²) in [6.45, 7) is 1.61. The highest BCUT2D eigenvalue weighted by atomic mass is 16.5. The van der Waals surface area contributed by atoms with Gasteiger partial charge in [-0.3, -0.25) is 14.4 Å². The maximum absolute atomic E-state index is 12.8. The van der Waals surface area contributed by atoms with Crippen LogP contribution in [0.3, 0.4) is 0 Å². The van der Waals surface area contributed by atoms with E-state index in [0.717, 1.165) is 0 Å². The van der Waals surface area contributed by atoms with Gasteiger partial charge in [-0.2, -0.15) is 0 Å². The van der Waals surface area contributed by atoms with E-state index in [-0.39, 0.29) is 6.42 Å². The lowest BCUT2D eigenvalue weighted by Crippen LogP contribution is -2.73. The third kappa shape index (κ3) is 1.38. The van der Waals surface area contributed by atoms with Gasteiger partial charge in [-0.25, -0.2) is 0 Å². The lowest BCUT2D eigenvalue weighted by molar-refractivity contribution is -0.206. The first-order chi connectivity index (χ1) is 9.38. The van der Waals surface area contributed by atoms with Crippen molar-refractivity contribution in [2.45, 2.75) is 24.5 Å². The number of rotatable bonds is 4. The third-order valence-electron chi connectivity index (χ3n) is 4.72. The third-order valence-corrected chi connectivity index (χ3v) is 4.72. The molecule has 0 amide bonds. The summed E-state index contributed by atoms with van der Waals surface area (Å²) in [4.78, 5) is 36.4. The zero-order valence-corrected chi connectivity index (χ0v) is 12.0. The van der Waals surface area contributed by atoms with E-state index in [4.69, 9.17) is 14.2 Å². The molecule has 4 atom stereocenters. The van der Waals surface area contributed by atoms with Gasteiger partial charge in [0.25, 0.3) is 0 Å². The molecule has 6 heteroatoms. The fourth-order valence-corrected chi connectivity index (χ4v) is 3.45. The Kier molecular flexibility index (Phi) is 3.34. The topological polar surface area (TPSA) is 78.9 Å². The van der Waals surface area contributed by atoms with E-state index in [0.29, 0.717) is 6.29 Å². The van der Waals surface area contributed by atoms with Crippen molar-refractivity contribution in [1.29, 1.82) is 0 Å². The average Bonchev–Trinajstić information content (AvgIpc) is 2.48. The van der Waals surface area contributed by atoms with Gasteiger partial charge in [0.05, 0.1) is 7.11 Å². The number of hydrogen-bond acceptors (Lipinski definition) is 6. The Morgan fingerprint density at radius 2 is 2.00 bits per heavy atom. The number of aldehydes is 1. The SMILES string of the molecule is COC(=O)[C@@]1(C)C[C@H]2C=C[C@]1(OC)C(=O)[C@@]2(C=O)OC. The molecule has 2 bridgehead atoms. The summed E-state index contributed by atoms with van der Waals surface area (Å²) in [6, 6.07) is 0. The number of esters is 1. The molecular weight excluding hydrogens is 264 g/mol. The van der Waals surface area contributed by atoms with Crippen molar-refractivity contribution in [2.75, 3.05) is 21.3 Å². The van der Waals surface area contributed by atoms with E-state index >= 15 is 0 Å². The summed E-state index contributed by atoms with van der Waals surface area (Å²) in [7, 11) is 3.90. The largest absolute Gasteiger partial charge is 0.468 e. The standard InChI is InChI=1S/C14H18O6/c1-12(11(17)18-2)7-9-5-6-14(12,20-4)10(16)13(9,8-15)19-3/h5-6,8-9H,7H2,1-4H3/t9-,12-,13+,14+/m1/s1. The van der Waals surface area contributed by atoms with Gasteiger partial charge >= 0.3 is 5.97 Å². The minimum atomic E-state index is -1.60. The first-order valence-corrected chi connectivity index (χ1v) is 6.28. The lowest BCUT2D eigenvalue weighted by atomic mass is 9.51. The first-order valence-electron chi connectivity index (χ1n) is 6.28. The number of carbonyl (C=O) groups is 3. The summed E-state index contributed by atoms with van der Waals surface area (Å²) < 4.78 is 15.4. The van der Waals surface area contributed by atoms with Crippen LogP contribution in [0.5, 0.6) is 0 Å². The van der Waals surface area contributed by atoms with Crippen LogP contribution in [-0.2, 0) is 28.6 Å². The number of fused-ring (bicyclic) bond motifs is 2. The van der Waals surface area contributed by atoms with Gasteiger partial charge in [-0.15, -0.1) is 0 Å². The molecule has 20 heavy (non-hydrogen) atoms. The maximum atomic E-state index is 12.8. The van der Waals surface area contributed by atoms with Gasteiger partial charge in [0, 0.05) is 20.1 Å². The number of ketones is 1. The van der Waals surface area contributed by atoms with E-state index in [1.165, 1.54) is 21.3 Å². The van der Waals surface area contributed by atoms with Crippen LogP contribution in [0, 0.1) is 11.3 Å². The molecule has 3 rings (SSSR count). The molecule has 0 radical (unpaired) electrons. The van der Waals surface area contributed by atoms with Crippen LogP contribution in [-0.4, -0.2) is 50.6 Å². The number of ether oxygens (including phenoxy) is 3. The Morgan fingerprint density at radius 3 is 2.45 bits per heavy atom. The molecule has 3 aliphatic rings. The Morgan fingerprint density at radius 1 is 1.35 bits per heavy atom. The van der Waals surface area contributed by atoms with Crippen molar-refractivity contribution in [3.8, 4) is 0 Å². The summed E-state index contributed by atoms with van der Waals surface area (Å²) >= 11 is 0. The lowest BCUT2D eigenvalue weighted by Gasteiger charge is -2.56. The Bertz CT molecular complexity index is 498. The minimum Gasteiger partial charge on any atom is -0.468 e. The fourth-order valence-electron chi connectivity index (χ4n) is 3.45. The quantitative estimate of drug-likeness (QED) is 0.319. The van der Waals surface area contributed by atoms with Crippen molar-refractivity contribution in [2.24, 2.45) is 11.3 Å². The molecule has 1 fully saturated rings. The molecule has 0 aromatic heterocycles.